The molecule has 0 fully saturated rings. The quantitative estimate of drug-likeness (QED) is 0.789. The molecule has 0 bridgehead atoms. The van der Waals surface area contributed by atoms with E-state index in [4.69, 9.17) is 0 Å². The maximum atomic E-state index is 13.2. The predicted molar refractivity (Wildman–Crippen MR) is 83.1 cm³/mol. The third-order valence-electron chi connectivity index (χ3n) is 4.27. The Hall–Kier alpha value is -2.76. The van der Waals surface area contributed by atoms with Crippen LogP contribution in [0.15, 0.2) is 36.7 Å². The highest BCUT2D eigenvalue weighted by molar-refractivity contribution is 5.82. The van der Waals surface area contributed by atoms with Crippen molar-refractivity contribution in [2.75, 3.05) is 6.54 Å². The summed E-state index contributed by atoms with van der Waals surface area (Å²) in [5.74, 6) is -0.306. The van der Waals surface area contributed by atoms with E-state index in [0.29, 0.717) is 18.7 Å². The summed E-state index contributed by atoms with van der Waals surface area (Å²) in [5.41, 5.74) is 3.74. The second-order valence-corrected chi connectivity index (χ2v) is 5.77. The molecule has 3 aromatic rings. The molecule has 0 spiro atoms. The number of amides is 1. The highest BCUT2D eigenvalue weighted by atomic mass is 19.1. The Balaban J connectivity index is 1.54. The van der Waals surface area contributed by atoms with E-state index in [-0.39, 0.29) is 18.1 Å². The molecule has 1 aromatic carbocycles. The van der Waals surface area contributed by atoms with Gasteiger partial charge in [0.05, 0.1) is 12.6 Å². The first-order valence-corrected chi connectivity index (χ1v) is 7.53. The third kappa shape index (κ3) is 2.56. The number of halogens is 1. The largest absolute Gasteiger partial charge is 0.338 e. The van der Waals surface area contributed by atoms with Crippen molar-refractivity contribution < 1.29 is 9.18 Å². The van der Waals surface area contributed by atoms with Crippen molar-refractivity contribution in [2.24, 2.45) is 0 Å². The SMILES string of the molecule is O=C(Cc1cccc(F)c1)N1CCc2c(cnc3[nH]ncc23)C1. The van der Waals surface area contributed by atoms with Crippen LogP contribution in [-0.4, -0.2) is 32.5 Å². The van der Waals surface area contributed by atoms with E-state index < -0.39 is 0 Å². The fourth-order valence-electron chi connectivity index (χ4n) is 3.10. The van der Waals surface area contributed by atoms with Gasteiger partial charge in [-0.15, -0.1) is 0 Å². The molecule has 1 aliphatic rings. The number of aromatic amines is 1. The number of aromatic nitrogens is 3. The molecule has 4 rings (SSSR count). The summed E-state index contributed by atoms with van der Waals surface area (Å²) in [5, 5.41) is 7.92. The number of carbonyl (C=O) groups excluding carboxylic acids is 1. The first kappa shape index (κ1) is 13.9. The van der Waals surface area contributed by atoms with Crippen LogP contribution in [0.25, 0.3) is 11.0 Å². The van der Waals surface area contributed by atoms with E-state index in [1.165, 1.54) is 17.7 Å². The number of rotatable bonds is 2. The Morgan fingerprint density at radius 2 is 2.26 bits per heavy atom. The molecule has 0 aliphatic carbocycles. The predicted octanol–water partition coefficient (Wildman–Crippen LogP) is 2.22. The van der Waals surface area contributed by atoms with E-state index in [0.717, 1.165) is 23.0 Å². The summed E-state index contributed by atoms with van der Waals surface area (Å²) in [6.45, 7) is 1.20. The molecule has 5 nitrogen and oxygen atoms in total. The van der Waals surface area contributed by atoms with Crippen molar-refractivity contribution in [3.63, 3.8) is 0 Å². The number of pyridine rings is 1. The second-order valence-electron chi connectivity index (χ2n) is 5.77. The Kier molecular flexibility index (Phi) is 3.29. The number of hydrogen-bond acceptors (Lipinski definition) is 3. The van der Waals surface area contributed by atoms with Crippen LogP contribution in [0.4, 0.5) is 4.39 Å². The number of nitrogens with one attached hydrogen (secondary N) is 1. The van der Waals surface area contributed by atoms with E-state index in [1.807, 2.05) is 0 Å². The van der Waals surface area contributed by atoms with Crippen LogP contribution in [0, 0.1) is 5.82 Å². The van der Waals surface area contributed by atoms with Crippen LogP contribution in [0.2, 0.25) is 0 Å². The Labute approximate surface area is 132 Å². The van der Waals surface area contributed by atoms with Crippen molar-refractivity contribution in [1.82, 2.24) is 20.1 Å². The van der Waals surface area contributed by atoms with Gasteiger partial charge >= 0.3 is 0 Å². The van der Waals surface area contributed by atoms with Gasteiger partial charge in [-0.25, -0.2) is 9.37 Å². The van der Waals surface area contributed by atoms with Crippen LogP contribution < -0.4 is 0 Å². The van der Waals surface area contributed by atoms with Gasteiger partial charge in [0.2, 0.25) is 5.91 Å². The average molecular weight is 310 g/mol. The molecule has 1 N–H and O–H groups in total. The van der Waals surface area contributed by atoms with Gasteiger partial charge in [-0.05, 0) is 35.2 Å². The zero-order valence-corrected chi connectivity index (χ0v) is 12.4. The van der Waals surface area contributed by atoms with Crippen molar-refractivity contribution in [3.05, 3.63) is 59.2 Å². The topological polar surface area (TPSA) is 61.9 Å². The van der Waals surface area contributed by atoms with Crippen LogP contribution in [0.1, 0.15) is 16.7 Å². The zero-order chi connectivity index (χ0) is 15.8. The molecule has 1 amide bonds. The van der Waals surface area contributed by atoms with Gasteiger partial charge in [0.15, 0.2) is 5.65 Å². The van der Waals surface area contributed by atoms with Crippen molar-refractivity contribution in [3.8, 4) is 0 Å². The number of nitrogens with zero attached hydrogens (tertiary/aromatic N) is 3. The fraction of sp³-hybridized carbons (Fsp3) is 0.235. The monoisotopic (exact) mass is 310 g/mol. The standard InChI is InChI=1S/C17H15FN4O/c18-13-3-1-2-11(6-13)7-16(23)22-5-4-14-12(10-22)8-19-17-15(14)9-20-21-17/h1-3,6,8-9H,4-5,7,10H2,(H,19,20,21). The van der Waals surface area contributed by atoms with Gasteiger partial charge in [0.1, 0.15) is 5.82 Å². The van der Waals surface area contributed by atoms with Gasteiger partial charge < -0.3 is 4.90 Å². The van der Waals surface area contributed by atoms with Crippen LogP contribution in [-0.2, 0) is 24.2 Å². The smallest absolute Gasteiger partial charge is 0.227 e. The van der Waals surface area contributed by atoms with Gasteiger partial charge in [-0.3, -0.25) is 9.89 Å². The Morgan fingerprint density at radius 3 is 3.13 bits per heavy atom. The molecule has 116 valence electrons. The Morgan fingerprint density at radius 1 is 1.35 bits per heavy atom. The second kappa shape index (κ2) is 5.46. The van der Waals surface area contributed by atoms with Crippen molar-refractivity contribution in [1.29, 1.82) is 0 Å². The number of hydrogen-bond donors (Lipinski definition) is 1. The van der Waals surface area contributed by atoms with Crippen LogP contribution >= 0.6 is 0 Å². The van der Waals surface area contributed by atoms with E-state index in [1.54, 1.807) is 29.4 Å². The molecule has 0 radical (unpaired) electrons. The van der Waals surface area contributed by atoms with Gasteiger partial charge in [0, 0.05) is 24.7 Å². The van der Waals surface area contributed by atoms with Gasteiger partial charge in [-0.2, -0.15) is 5.10 Å². The lowest BCUT2D eigenvalue weighted by molar-refractivity contribution is -0.131. The number of fused-ring (bicyclic) bond motifs is 3. The lowest BCUT2D eigenvalue weighted by Gasteiger charge is -2.29. The maximum Gasteiger partial charge on any atom is 0.227 e. The van der Waals surface area contributed by atoms with Crippen molar-refractivity contribution >= 4 is 16.9 Å². The molecular weight excluding hydrogens is 295 g/mol. The number of benzene rings is 1. The summed E-state index contributed by atoms with van der Waals surface area (Å²) >= 11 is 0. The molecule has 0 unspecified atom stereocenters. The minimum Gasteiger partial charge on any atom is -0.338 e. The maximum absolute atomic E-state index is 13.2. The summed E-state index contributed by atoms with van der Waals surface area (Å²) in [4.78, 5) is 18.6. The minimum absolute atomic E-state index is 0.00791. The molecule has 23 heavy (non-hydrogen) atoms. The average Bonchev–Trinajstić information content (AvgIpc) is 3.03. The highest BCUT2D eigenvalue weighted by Gasteiger charge is 2.23. The molecule has 0 saturated carbocycles. The van der Waals surface area contributed by atoms with E-state index in [2.05, 4.69) is 15.2 Å². The van der Waals surface area contributed by atoms with Crippen LogP contribution in [0.3, 0.4) is 0 Å². The molecule has 0 atom stereocenters. The molecule has 6 heteroatoms. The molecular formula is C17H15FN4O. The molecule has 3 heterocycles. The molecule has 0 saturated heterocycles. The lowest BCUT2D eigenvalue weighted by atomic mass is 9.98. The highest BCUT2D eigenvalue weighted by Crippen LogP contribution is 2.25. The molecule has 2 aromatic heterocycles. The zero-order valence-electron chi connectivity index (χ0n) is 12.4. The Bertz CT molecular complexity index is 889. The summed E-state index contributed by atoms with van der Waals surface area (Å²) < 4.78 is 13.2. The third-order valence-corrected chi connectivity index (χ3v) is 4.27. The summed E-state index contributed by atoms with van der Waals surface area (Å²) in [6.07, 6.45) is 4.58. The van der Waals surface area contributed by atoms with E-state index >= 15 is 0 Å². The lowest BCUT2D eigenvalue weighted by Crippen LogP contribution is -2.37. The summed E-state index contributed by atoms with van der Waals surface area (Å²) in [6, 6.07) is 6.19. The molecule has 1 aliphatic heterocycles. The summed E-state index contributed by atoms with van der Waals surface area (Å²) in [7, 11) is 0. The van der Waals surface area contributed by atoms with Crippen LogP contribution in [0.5, 0.6) is 0 Å². The number of carbonyl (C=O) groups is 1. The normalized spacial score (nSPS) is 14.0. The van der Waals surface area contributed by atoms with Gasteiger partial charge in [0.25, 0.3) is 0 Å². The van der Waals surface area contributed by atoms with Gasteiger partial charge in [-0.1, -0.05) is 12.1 Å². The first-order valence-electron chi connectivity index (χ1n) is 7.53. The van der Waals surface area contributed by atoms with Crippen molar-refractivity contribution in [2.45, 2.75) is 19.4 Å². The first-order chi connectivity index (χ1) is 11.2. The number of H-pyrrole nitrogens is 1. The minimum atomic E-state index is -0.314. The fourth-order valence-corrected chi connectivity index (χ4v) is 3.10. The van der Waals surface area contributed by atoms with E-state index in [9.17, 15) is 9.18 Å².